The third-order valence-corrected chi connectivity index (χ3v) is 13.0. The molecular weight excluding hydrogens is 1150 g/mol. The number of phenols is 1. The molecule has 0 radical (unpaired) electrons. The van der Waals surface area contributed by atoms with Crippen molar-refractivity contribution in [3.8, 4) is 5.75 Å². The van der Waals surface area contributed by atoms with Crippen molar-refractivity contribution >= 4 is 89.0 Å². The molecule has 0 bridgehead atoms. The van der Waals surface area contributed by atoms with Crippen LogP contribution in [0.1, 0.15) is 117 Å². The lowest BCUT2D eigenvalue weighted by Crippen LogP contribution is -2.61. The Balaban J connectivity index is 3.64. The molecule has 1 aromatic carbocycles. The first-order valence-corrected chi connectivity index (χ1v) is 27.8. The van der Waals surface area contributed by atoms with Crippen LogP contribution >= 0.6 is 0 Å². The second-order valence-corrected chi connectivity index (χ2v) is 21.0. The summed E-state index contributed by atoms with van der Waals surface area (Å²) in [6.07, 6.45) is -4.65. The number of rotatable bonds is 42. The first-order valence-electron chi connectivity index (χ1n) is 27.8. The van der Waals surface area contributed by atoms with Crippen LogP contribution < -0.4 is 70.8 Å². The molecule has 87 heavy (non-hydrogen) atoms. The Bertz CT molecular complexity index is 2600. The van der Waals surface area contributed by atoms with Gasteiger partial charge in [0.15, 0.2) is 5.96 Å². The predicted octanol–water partition coefficient (Wildman–Crippen LogP) is -4.71. The van der Waals surface area contributed by atoms with Crippen molar-refractivity contribution in [2.24, 2.45) is 39.8 Å². The normalized spacial score (nSPS) is 14.4. The quantitative estimate of drug-likeness (QED) is 0.0166. The van der Waals surface area contributed by atoms with E-state index in [0.717, 1.165) is 0 Å². The van der Waals surface area contributed by atoms with Gasteiger partial charge in [0.25, 0.3) is 0 Å². The number of hydrogen-bond donors (Lipinski definition) is 19. The Labute approximate surface area is 500 Å². The molecule has 0 fully saturated rings. The minimum atomic E-state index is -2.05. The van der Waals surface area contributed by atoms with Crippen molar-refractivity contribution < 1.29 is 97.8 Å². The average Bonchev–Trinajstić information content (AvgIpc) is 3.51. The van der Waals surface area contributed by atoms with Gasteiger partial charge in [-0.15, -0.1) is 0 Å². The van der Waals surface area contributed by atoms with E-state index < -0.39 is 200 Å². The highest BCUT2D eigenvalue weighted by Crippen LogP contribution is 2.15. The lowest BCUT2D eigenvalue weighted by Gasteiger charge is -2.29. The fourth-order valence-electron chi connectivity index (χ4n) is 8.07. The Morgan fingerprint density at radius 1 is 0.448 bits per heavy atom. The van der Waals surface area contributed by atoms with Gasteiger partial charge in [-0.05, 0) is 94.4 Å². The topological polar surface area (TPSA) is 585 Å². The molecule has 23 N–H and O–H groups in total. The van der Waals surface area contributed by atoms with E-state index in [1.807, 2.05) is 0 Å². The number of hydrogen-bond acceptors (Lipinski definition) is 18. The maximum atomic E-state index is 14.4. The summed E-state index contributed by atoms with van der Waals surface area (Å²) >= 11 is 0. The van der Waals surface area contributed by atoms with E-state index in [2.05, 4.69) is 52.8 Å². The standard InChI is InChI=1S/C53H84N14O20/c1-25(2)41(51(85)63-33(16-19-38(71)72)45(79)59-27(5)43(77)60-31(9-6-7-21-54)48(82)67-42(26(3)4)52(86)87)66-50(84)36(24-40(75)76)65-49(83)35(23-28-11-13-29(68)14-12-28)64-46(80)32(10-8-22-58-53(56)57)62-47(81)34(17-20-39(73)74)61-44(78)30(55)15-18-37(69)70/h11-14,25-27,30-36,41-42,68H,6-10,15-24,54-55H2,1-5H3,(H,59,79)(H,60,77)(H,61,78)(H,62,81)(H,63,85)(H,64,80)(H,65,83)(H,66,84)(H,67,82)(H,69,70)(H,71,72)(H,73,74)(H,75,76)(H,86,87)(H4,56,57,58)/t27-,30-,31-,32-,33-,34-,35-,36-,41-,42-/m0/s1. The van der Waals surface area contributed by atoms with E-state index in [0.29, 0.717) is 12.8 Å². The molecule has 10 atom stereocenters. The summed E-state index contributed by atoms with van der Waals surface area (Å²) in [6.45, 7) is 7.27. The third-order valence-electron chi connectivity index (χ3n) is 13.0. The molecule has 0 aliphatic rings. The smallest absolute Gasteiger partial charge is 0.326 e. The predicted molar refractivity (Wildman–Crippen MR) is 306 cm³/mol. The van der Waals surface area contributed by atoms with Gasteiger partial charge < -0.3 is 101 Å². The van der Waals surface area contributed by atoms with Crippen LogP contribution in [0.2, 0.25) is 0 Å². The summed E-state index contributed by atoms with van der Waals surface area (Å²) in [5.41, 5.74) is 22.6. The Morgan fingerprint density at radius 2 is 0.851 bits per heavy atom. The third kappa shape index (κ3) is 29.9. The SMILES string of the molecule is CC(C)[C@H](NC(=O)[C@H](CCCCN)NC(=O)[C@H](C)NC(=O)[C@H](CCC(=O)O)NC(=O)[C@@H](NC(=O)[C@H](CC(=O)O)NC(=O)[C@H](Cc1ccc(O)cc1)NC(=O)[C@H](CCCN=C(N)N)NC(=O)[C@H](CCC(=O)O)NC(=O)[C@@H](N)CCC(=O)O)C(C)C)C(=O)O. The van der Waals surface area contributed by atoms with Crippen LogP contribution in [0.3, 0.4) is 0 Å². The van der Waals surface area contributed by atoms with Gasteiger partial charge in [0, 0.05) is 32.2 Å². The van der Waals surface area contributed by atoms with Gasteiger partial charge in [-0.1, -0.05) is 39.8 Å². The summed E-state index contributed by atoms with van der Waals surface area (Å²) in [6, 6.07) is -11.0. The highest BCUT2D eigenvalue weighted by atomic mass is 16.4. The number of aliphatic carboxylic acids is 5. The zero-order valence-corrected chi connectivity index (χ0v) is 49.0. The largest absolute Gasteiger partial charge is 0.508 e. The number of unbranched alkanes of at least 4 members (excludes halogenated alkanes) is 1. The molecule has 0 spiro atoms. The lowest BCUT2D eigenvalue weighted by atomic mass is 10.0. The molecule has 1 rings (SSSR count). The number of nitrogens with two attached hydrogens (primary N) is 4. The molecule has 0 saturated heterocycles. The Kier molecular flexibility index (Phi) is 33.7. The van der Waals surface area contributed by atoms with Crippen LogP contribution in [0.25, 0.3) is 0 Å². The highest BCUT2D eigenvalue weighted by molar-refractivity contribution is 5.99. The number of benzene rings is 1. The molecular formula is C53H84N14O20. The fraction of sp³-hybridized carbons (Fsp3) is 0.604. The molecule has 0 saturated carbocycles. The van der Waals surface area contributed by atoms with Crippen molar-refractivity contribution in [1.82, 2.24) is 47.9 Å². The van der Waals surface area contributed by atoms with Gasteiger partial charge in [-0.2, -0.15) is 0 Å². The average molecular weight is 1240 g/mol. The molecule has 0 heterocycles. The monoisotopic (exact) mass is 1240 g/mol. The zero-order valence-electron chi connectivity index (χ0n) is 49.0. The van der Waals surface area contributed by atoms with Crippen molar-refractivity contribution in [2.75, 3.05) is 13.1 Å². The maximum Gasteiger partial charge on any atom is 0.326 e. The van der Waals surface area contributed by atoms with Crippen LogP contribution in [0.4, 0.5) is 0 Å². The second kappa shape index (κ2) is 38.7. The van der Waals surface area contributed by atoms with E-state index in [1.54, 1.807) is 13.8 Å². The summed E-state index contributed by atoms with van der Waals surface area (Å²) in [5, 5.41) is 78.7. The Hall–Kier alpha value is -9.21. The van der Waals surface area contributed by atoms with Crippen LogP contribution in [0, 0.1) is 11.8 Å². The molecule has 486 valence electrons. The van der Waals surface area contributed by atoms with Crippen molar-refractivity contribution in [1.29, 1.82) is 0 Å². The fourth-order valence-corrected chi connectivity index (χ4v) is 8.07. The van der Waals surface area contributed by atoms with Crippen LogP contribution in [0.5, 0.6) is 5.75 Å². The van der Waals surface area contributed by atoms with Gasteiger partial charge >= 0.3 is 29.8 Å². The Morgan fingerprint density at radius 3 is 1.33 bits per heavy atom. The maximum absolute atomic E-state index is 14.4. The van der Waals surface area contributed by atoms with Crippen molar-refractivity contribution in [2.45, 2.75) is 179 Å². The van der Waals surface area contributed by atoms with Crippen molar-refractivity contribution in [3.63, 3.8) is 0 Å². The molecule has 9 amide bonds. The van der Waals surface area contributed by atoms with Gasteiger partial charge in [-0.25, -0.2) is 4.79 Å². The number of guanidine groups is 1. The molecule has 0 aliphatic carbocycles. The number of aliphatic imine (C=N–C) groups is 1. The number of amides is 9. The number of carboxylic acid groups (broad SMARTS) is 5. The summed E-state index contributed by atoms with van der Waals surface area (Å²) < 4.78 is 0. The molecule has 34 nitrogen and oxygen atoms in total. The van der Waals surface area contributed by atoms with Gasteiger partial charge in [0.05, 0.1) is 12.5 Å². The second-order valence-electron chi connectivity index (χ2n) is 21.0. The summed E-state index contributed by atoms with van der Waals surface area (Å²) in [5.74, 6) is -18.9. The van der Waals surface area contributed by atoms with Crippen LogP contribution in [-0.4, -0.2) is 193 Å². The van der Waals surface area contributed by atoms with E-state index in [9.17, 15) is 92.7 Å². The van der Waals surface area contributed by atoms with Crippen LogP contribution in [0.15, 0.2) is 29.3 Å². The lowest BCUT2D eigenvalue weighted by molar-refractivity contribution is -0.143. The number of aromatic hydroxyl groups is 1. The molecule has 0 aromatic heterocycles. The number of nitrogens with zero attached hydrogens (tertiary/aromatic N) is 1. The number of carboxylic acids is 5. The van der Waals surface area contributed by atoms with Gasteiger partial charge in [-0.3, -0.25) is 67.3 Å². The number of carbonyl (C=O) groups excluding carboxylic acids is 9. The van der Waals surface area contributed by atoms with E-state index in [4.69, 9.17) is 28.0 Å². The number of carbonyl (C=O) groups is 14. The van der Waals surface area contributed by atoms with Crippen LogP contribution in [-0.2, 0) is 73.5 Å². The van der Waals surface area contributed by atoms with Crippen molar-refractivity contribution in [3.05, 3.63) is 29.8 Å². The van der Waals surface area contributed by atoms with E-state index in [-0.39, 0.29) is 56.0 Å². The minimum Gasteiger partial charge on any atom is -0.508 e. The number of phenolic OH excluding ortho intramolecular Hbond substituents is 1. The van der Waals surface area contributed by atoms with E-state index in [1.165, 1.54) is 45.0 Å². The van der Waals surface area contributed by atoms with Gasteiger partial charge in [0.1, 0.15) is 60.1 Å². The summed E-state index contributed by atoms with van der Waals surface area (Å²) in [7, 11) is 0. The summed E-state index contributed by atoms with van der Waals surface area (Å²) in [4.78, 5) is 186. The first kappa shape index (κ1) is 75.8. The molecule has 0 unspecified atom stereocenters. The van der Waals surface area contributed by atoms with Gasteiger partial charge in [0.2, 0.25) is 53.2 Å². The highest BCUT2D eigenvalue weighted by Gasteiger charge is 2.37. The van der Waals surface area contributed by atoms with E-state index >= 15 is 0 Å². The molecule has 34 heteroatoms. The minimum absolute atomic E-state index is 0.0157. The zero-order chi connectivity index (χ0) is 66.2. The molecule has 1 aromatic rings. The molecule has 0 aliphatic heterocycles. The first-order chi connectivity index (χ1) is 40.7. The number of nitrogens with one attached hydrogen (secondary N) is 9.